The Bertz CT molecular complexity index is 825. The summed E-state index contributed by atoms with van der Waals surface area (Å²) >= 11 is 0. The monoisotopic (exact) mass is 383 g/mol. The molecule has 0 atom stereocenters. The van der Waals surface area contributed by atoms with Crippen LogP contribution in [0.15, 0.2) is 24.4 Å². The molecule has 10 heteroatoms. The quantitative estimate of drug-likeness (QED) is 0.694. The van der Waals surface area contributed by atoms with E-state index in [0.717, 1.165) is 22.0 Å². The maximum atomic E-state index is 12.9. The molecule has 0 aliphatic heterocycles. The van der Waals surface area contributed by atoms with Crippen LogP contribution in [0.1, 0.15) is 27.2 Å². The summed E-state index contributed by atoms with van der Waals surface area (Å²) in [5.74, 6) is -0.910. The zero-order chi connectivity index (χ0) is 20.2. The van der Waals surface area contributed by atoms with Gasteiger partial charge in [0.15, 0.2) is 5.69 Å². The number of carbonyl (C=O) groups is 2. The van der Waals surface area contributed by atoms with Crippen molar-refractivity contribution in [3.05, 3.63) is 46.8 Å². The topological polar surface area (TPSA) is 88.0 Å². The van der Waals surface area contributed by atoms with Gasteiger partial charge in [-0.1, -0.05) is 6.07 Å². The Hall–Kier alpha value is -3.04. The molecule has 2 rings (SSSR count). The van der Waals surface area contributed by atoms with Crippen molar-refractivity contribution in [3.8, 4) is 0 Å². The summed E-state index contributed by atoms with van der Waals surface area (Å²) in [6.07, 6.45) is -3.73. The van der Waals surface area contributed by atoms with Crippen LogP contribution in [0.5, 0.6) is 0 Å². The van der Waals surface area contributed by atoms with E-state index >= 15 is 0 Å². The minimum absolute atomic E-state index is 0.0364. The first-order valence-electron chi connectivity index (χ1n) is 8.08. The van der Waals surface area contributed by atoms with E-state index in [1.807, 2.05) is 19.9 Å². The van der Waals surface area contributed by atoms with E-state index < -0.39 is 29.4 Å². The van der Waals surface area contributed by atoms with Crippen molar-refractivity contribution in [1.29, 1.82) is 0 Å². The van der Waals surface area contributed by atoms with Crippen molar-refractivity contribution >= 4 is 17.6 Å². The molecule has 27 heavy (non-hydrogen) atoms. The second-order valence-electron chi connectivity index (χ2n) is 6.08. The fourth-order valence-electron chi connectivity index (χ4n) is 2.53. The molecule has 1 aromatic carbocycles. The SMILES string of the molecule is Cc1cc(C)cc(NC(=O)NCCNC(=O)c2cn(C)nc2C(F)(F)F)c1. The van der Waals surface area contributed by atoms with Gasteiger partial charge >= 0.3 is 12.2 Å². The Kier molecular flexibility index (Phi) is 6.09. The van der Waals surface area contributed by atoms with Gasteiger partial charge in [-0.15, -0.1) is 0 Å². The van der Waals surface area contributed by atoms with E-state index in [1.54, 1.807) is 12.1 Å². The lowest BCUT2D eigenvalue weighted by Gasteiger charge is -2.10. The van der Waals surface area contributed by atoms with E-state index in [-0.39, 0.29) is 13.1 Å². The maximum Gasteiger partial charge on any atom is 0.435 e. The first-order chi connectivity index (χ1) is 12.6. The number of rotatable bonds is 5. The molecule has 0 spiro atoms. The highest BCUT2D eigenvalue weighted by atomic mass is 19.4. The van der Waals surface area contributed by atoms with Gasteiger partial charge < -0.3 is 16.0 Å². The molecule has 0 unspecified atom stereocenters. The van der Waals surface area contributed by atoms with Crippen molar-refractivity contribution in [1.82, 2.24) is 20.4 Å². The van der Waals surface area contributed by atoms with E-state index in [1.165, 1.54) is 7.05 Å². The predicted molar refractivity (Wildman–Crippen MR) is 93.5 cm³/mol. The molecule has 1 aromatic heterocycles. The molecule has 0 aliphatic carbocycles. The molecule has 0 saturated carbocycles. The number of alkyl halides is 3. The molecule has 0 saturated heterocycles. The first kappa shape index (κ1) is 20.3. The third kappa shape index (κ3) is 5.73. The number of hydrogen-bond donors (Lipinski definition) is 3. The third-order valence-corrected chi connectivity index (χ3v) is 3.52. The number of hydrogen-bond acceptors (Lipinski definition) is 3. The molecular formula is C17H20F3N5O2. The fourth-order valence-corrected chi connectivity index (χ4v) is 2.53. The minimum atomic E-state index is -4.72. The van der Waals surface area contributed by atoms with Crippen molar-refractivity contribution in [2.75, 3.05) is 18.4 Å². The molecule has 7 nitrogen and oxygen atoms in total. The average molecular weight is 383 g/mol. The van der Waals surface area contributed by atoms with Crippen LogP contribution in [0.2, 0.25) is 0 Å². The predicted octanol–water partition coefficient (Wildman–Crippen LogP) is 2.61. The lowest BCUT2D eigenvalue weighted by molar-refractivity contribution is -0.141. The van der Waals surface area contributed by atoms with Crippen LogP contribution in [0.3, 0.4) is 0 Å². The van der Waals surface area contributed by atoms with Crippen LogP contribution in [0.4, 0.5) is 23.7 Å². The molecule has 0 fully saturated rings. The number of urea groups is 1. The van der Waals surface area contributed by atoms with Crippen LogP contribution in [0, 0.1) is 13.8 Å². The number of carbonyl (C=O) groups excluding carboxylic acids is 2. The number of benzene rings is 1. The molecule has 0 radical (unpaired) electrons. The Labute approximate surface area is 153 Å². The van der Waals surface area contributed by atoms with Crippen molar-refractivity contribution in [2.45, 2.75) is 20.0 Å². The second kappa shape index (κ2) is 8.11. The van der Waals surface area contributed by atoms with Gasteiger partial charge in [0.25, 0.3) is 5.91 Å². The number of nitrogens with one attached hydrogen (secondary N) is 3. The summed E-state index contributed by atoms with van der Waals surface area (Å²) in [7, 11) is 1.30. The van der Waals surface area contributed by atoms with Crippen molar-refractivity contribution in [2.24, 2.45) is 7.05 Å². The summed E-state index contributed by atoms with van der Waals surface area (Å²) in [5, 5.41) is 10.8. The van der Waals surface area contributed by atoms with Gasteiger partial charge in [-0.25, -0.2) is 4.79 Å². The van der Waals surface area contributed by atoms with E-state index in [2.05, 4.69) is 21.0 Å². The number of aryl methyl sites for hydroxylation is 3. The highest BCUT2D eigenvalue weighted by molar-refractivity contribution is 5.95. The van der Waals surface area contributed by atoms with E-state index in [9.17, 15) is 22.8 Å². The summed E-state index contributed by atoms with van der Waals surface area (Å²) in [4.78, 5) is 23.8. The lowest BCUT2D eigenvalue weighted by Crippen LogP contribution is -2.37. The average Bonchev–Trinajstić information content (AvgIpc) is 2.92. The van der Waals surface area contributed by atoms with Gasteiger partial charge in [0.1, 0.15) is 0 Å². The van der Waals surface area contributed by atoms with E-state index in [4.69, 9.17) is 0 Å². The molecule has 1 heterocycles. The zero-order valence-electron chi connectivity index (χ0n) is 15.1. The Morgan fingerprint density at radius 2 is 1.67 bits per heavy atom. The van der Waals surface area contributed by atoms with Gasteiger partial charge in [-0.3, -0.25) is 9.48 Å². The van der Waals surface area contributed by atoms with Gasteiger partial charge in [0, 0.05) is 32.0 Å². The molecule has 3 amide bonds. The number of nitrogens with zero attached hydrogens (tertiary/aromatic N) is 2. The standard InChI is InChI=1S/C17H20F3N5O2/c1-10-6-11(2)8-12(7-10)23-16(27)22-5-4-21-15(26)13-9-25(3)24-14(13)17(18,19)20/h6-9H,4-5H2,1-3H3,(H,21,26)(H2,22,23,27). The van der Waals surface area contributed by atoms with Gasteiger partial charge in [-0.05, 0) is 37.1 Å². The summed E-state index contributed by atoms with van der Waals surface area (Å²) in [6, 6.07) is 5.09. The molecule has 3 N–H and O–H groups in total. The normalized spacial score (nSPS) is 11.2. The minimum Gasteiger partial charge on any atom is -0.350 e. The Morgan fingerprint density at radius 3 is 2.26 bits per heavy atom. The molecule has 2 aromatic rings. The number of halogens is 3. The van der Waals surface area contributed by atoms with Crippen LogP contribution >= 0.6 is 0 Å². The van der Waals surface area contributed by atoms with Crippen molar-refractivity contribution < 1.29 is 22.8 Å². The summed E-state index contributed by atoms with van der Waals surface area (Å²) < 4.78 is 39.5. The van der Waals surface area contributed by atoms with Crippen LogP contribution in [-0.2, 0) is 13.2 Å². The van der Waals surface area contributed by atoms with Crippen molar-refractivity contribution in [3.63, 3.8) is 0 Å². The van der Waals surface area contributed by atoms with Crippen LogP contribution in [-0.4, -0.2) is 34.8 Å². The molecule has 0 aliphatic rings. The largest absolute Gasteiger partial charge is 0.435 e. The second-order valence-corrected chi connectivity index (χ2v) is 6.08. The highest BCUT2D eigenvalue weighted by Crippen LogP contribution is 2.30. The van der Waals surface area contributed by atoms with Gasteiger partial charge in [0.05, 0.1) is 5.56 Å². The lowest BCUT2D eigenvalue weighted by atomic mass is 10.1. The molecule has 0 bridgehead atoms. The van der Waals surface area contributed by atoms with Gasteiger partial charge in [-0.2, -0.15) is 18.3 Å². The summed E-state index contributed by atoms with van der Waals surface area (Å²) in [5.41, 5.74) is 0.802. The van der Waals surface area contributed by atoms with Gasteiger partial charge in [0.2, 0.25) is 0 Å². The molecule has 146 valence electrons. The molecular weight excluding hydrogens is 363 g/mol. The smallest absolute Gasteiger partial charge is 0.350 e. The Balaban J connectivity index is 1.83. The number of aromatic nitrogens is 2. The fraction of sp³-hybridized carbons (Fsp3) is 0.353. The third-order valence-electron chi connectivity index (χ3n) is 3.52. The maximum absolute atomic E-state index is 12.9. The number of anilines is 1. The van der Waals surface area contributed by atoms with Crippen LogP contribution < -0.4 is 16.0 Å². The van der Waals surface area contributed by atoms with E-state index in [0.29, 0.717) is 5.69 Å². The van der Waals surface area contributed by atoms with Crippen LogP contribution in [0.25, 0.3) is 0 Å². The highest BCUT2D eigenvalue weighted by Gasteiger charge is 2.38. The Morgan fingerprint density at radius 1 is 1.07 bits per heavy atom. The number of amides is 3. The zero-order valence-corrected chi connectivity index (χ0v) is 15.1. The first-order valence-corrected chi connectivity index (χ1v) is 8.08. The summed E-state index contributed by atoms with van der Waals surface area (Å²) in [6.45, 7) is 3.81.